The summed E-state index contributed by atoms with van der Waals surface area (Å²) < 4.78 is 23.9. The van der Waals surface area contributed by atoms with Crippen LogP contribution in [0.3, 0.4) is 0 Å². The summed E-state index contributed by atoms with van der Waals surface area (Å²) in [5.41, 5.74) is 1.94. The van der Waals surface area contributed by atoms with Gasteiger partial charge in [-0.15, -0.1) is 0 Å². The van der Waals surface area contributed by atoms with Gasteiger partial charge < -0.3 is 19.6 Å². The van der Waals surface area contributed by atoms with Crippen molar-refractivity contribution in [3.05, 3.63) is 53.8 Å². The fourth-order valence-electron chi connectivity index (χ4n) is 2.67. The molecule has 0 unspecified atom stereocenters. The Bertz CT molecular complexity index is 835. The first-order valence-electron chi connectivity index (χ1n) is 7.88. The number of amides is 1. The Morgan fingerprint density at radius 1 is 1.08 bits per heavy atom. The second-order valence-electron chi connectivity index (χ2n) is 5.69. The van der Waals surface area contributed by atoms with Gasteiger partial charge in [0.25, 0.3) is 5.91 Å². The van der Waals surface area contributed by atoms with Crippen LogP contribution in [0.5, 0.6) is 11.5 Å². The smallest absolute Gasteiger partial charge is 0.268 e. The minimum atomic E-state index is -0.728. The molecular weight excluding hydrogens is 327 g/mol. The molecule has 2 aliphatic heterocycles. The molecule has 0 radical (unpaired) electrons. The maximum absolute atomic E-state index is 13.0. The molecule has 1 amide bonds. The van der Waals surface area contributed by atoms with Crippen LogP contribution in [0.1, 0.15) is 12.0 Å². The summed E-state index contributed by atoms with van der Waals surface area (Å²) in [6.45, 7) is 0.989. The molecule has 128 valence electrons. The number of halogens is 1. The highest BCUT2D eigenvalue weighted by molar-refractivity contribution is 6.06. The van der Waals surface area contributed by atoms with Gasteiger partial charge >= 0.3 is 0 Å². The van der Waals surface area contributed by atoms with Gasteiger partial charge in [-0.25, -0.2) is 4.39 Å². The third kappa shape index (κ3) is 3.26. The number of carbonyl (C=O) groups excluding carboxylic acids is 1. The molecule has 0 saturated carbocycles. The van der Waals surface area contributed by atoms with Crippen LogP contribution >= 0.6 is 0 Å². The molecule has 0 aliphatic carbocycles. The number of ether oxygens (including phenoxy) is 2. The first kappa shape index (κ1) is 15.4. The van der Waals surface area contributed by atoms with E-state index in [2.05, 4.69) is 10.5 Å². The van der Waals surface area contributed by atoms with Crippen molar-refractivity contribution >= 4 is 17.3 Å². The van der Waals surface area contributed by atoms with E-state index in [1.54, 1.807) is 30.3 Å². The van der Waals surface area contributed by atoms with Gasteiger partial charge in [0.05, 0.1) is 5.71 Å². The predicted octanol–water partition coefficient (Wildman–Crippen LogP) is 2.73. The van der Waals surface area contributed by atoms with Crippen molar-refractivity contribution in [1.29, 1.82) is 0 Å². The molecule has 0 bridgehead atoms. The average molecular weight is 342 g/mol. The largest absolute Gasteiger partial charge is 0.486 e. The van der Waals surface area contributed by atoms with Gasteiger partial charge in [0, 0.05) is 18.2 Å². The Hall–Kier alpha value is -3.09. The Balaban J connectivity index is 1.40. The minimum absolute atomic E-state index is 0.308. The summed E-state index contributed by atoms with van der Waals surface area (Å²) in [7, 11) is 0. The van der Waals surface area contributed by atoms with Gasteiger partial charge in [0.15, 0.2) is 11.5 Å². The molecule has 2 heterocycles. The number of carbonyl (C=O) groups is 1. The van der Waals surface area contributed by atoms with Crippen LogP contribution in [0, 0.1) is 5.82 Å². The Morgan fingerprint density at radius 3 is 2.64 bits per heavy atom. The summed E-state index contributed by atoms with van der Waals surface area (Å²) >= 11 is 0. The van der Waals surface area contributed by atoms with Gasteiger partial charge in [-0.1, -0.05) is 17.3 Å². The second kappa shape index (κ2) is 6.43. The highest BCUT2D eigenvalue weighted by Gasteiger charge is 2.29. The quantitative estimate of drug-likeness (QED) is 0.931. The maximum Gasteiger partial charge on any atom is 0.268 e. The van der Waals surface area contributed by atoms with Crippen LogP contribution < -0.4 is 14.8 Å². The third-order valence-electron chi connectivity index (χ3n) is 3.95. The lowest BCUT2D eigenvalue weighted by atomic mass is 10.0. The SMILES string of the molecule is O=C(Nc1ccc2c(c1)OCCO2)[C@H]1CC(c2ccc(F)cc2)=NO1. The summed E-state index contributed by atoms with van der Waals surface area (Å²) in [4.78, 5) is 17.6. The molecule has 25 heavy (non-hydrogen) atoms. The summed E-state index contributed by atoms with van der Waals surface area (Å²) in [5.74, 6) is 0.622. The van der Waals surface area contributed by atoms with E-state index < -0.39 is 6.10 Å². The van der Waals surface area contributed by atoms with Crippen LogP contribution in [0.4, 0.5) is 10.1 Å². The van der Waals surface area contributed by atoms with Crippen molar-refractivity contribution in [1.82, 2.24) is 0 Å². The summed E-state index contributed by atoms with van der Waals surface area (Å²) in [6.07, 6.45) is -0.407. The van der Waals surface area contributed by atoms with E-state index in [1.807, 2.05) is 0 Å². The number of hydrogen-bond acceptors (Lipinski definition) is 5. The molecule has 0 saturated heterocycles. The van der Waals surface area contributed by atoms with E-state index >= 15 is 0 Å². The second-order valence-corrected chi connectivity index (χ2v) is 5.69. The van der Waals surface area contributed by atoms with Crippen molar-refractivity contribution in [2.45, 2.75) is 12.5 Å². The predicted molar refractivity (Wildman–Crippen MR) is 88.5 cm³/mol. The monoisotopic (exact) mass is 342 g/mol. The summed E-state index contributed by atoms with van der Waals surface area (Å²) in [6, 6.07) is 11.1. The van der Waals surface area contributed by atoms with Crippen LogP contribution in [0.25, 0.3) is 0 Å². The molecule has 0 spiro atoms. The standard InChI is InChI=1S/C18H15FN2O4/c19-12-3-1-11(2-4-12)14-10-17(25-21-14)18(22)20-13-5-6-15-16(9-13)24-8-7-23-15/h1-6,9,17H,7-8,10H2,(H,20,22)/t17-/m1/s1. The first-order valence-corrected chi connectivity index (χ1v) is 7.88. The normalized spacial score (nSPS) is 18.3. The number of rotatable bonds is 3. The number of benzene rings is 2. The maximum atomic E-state index is 13.0. The molecule has 2 aliphatic rings. The lowest BCUT2D eigenvalue weighted by Gasteiger charge is -2.19. The van der Waals surface area contributed by atoms with Crippen LogP contribution in [-0.4, -0.2) is 30.9 Å². The lowest BCUT2D eigenvalue weighted by molar-refractivity contribution is -0.125. The number of oxime groups is 1. The number of fused-ring (bicyclic) bond motifs is 1. The Kier molecular flexibility index (Phi) is 3.97. The topological polar surface area (TPSA) is 69.2 Å². The number of hydrogen-bond donors (Lipinski definition) is 1. The number of nitrogens with one attached hydrogen (secondary N) is 1. The molecule has 2 aromatic carbocycles. The molecule has 0 aromatic heterocycles. The molecule has 4 rings (SSSR count). The lowest BCUT2D eigenvalue weighted by Crippen LogP contribution is -2.28. The van der Waals surface area contributed by atoms with Gasteiger partial charge in [-0.05, 0) is 29.8 Å². The zero-order chi connectivity index (χ0) is 17.2. The van der Waals surface area contributed by atoms with E-state index in [0.29, 0.717) is 42.5 Å². The minimum Gasteiger partial charge on any atom is -0.486 e. The molecular formula is C18H15FN2O4. The fraction of sp³-hybridized carbons (Fsp3) is 0.222. The highest BCUT2D eigenvalue weighted by Crippen LogP contribution is 2.32. The fourth-order valence-corrected chi connectivity index (χ4v) is 2.67. The molecule has 1 atom stereocenters. The molecule has 1 N–H and O–H groups in total. The van der Waals surface area contributed by atoms with Gasteiger partial charge in [0.2, 0.25) is 6.10 Å². The van der Waals surface area contributed by atoms with E-state index in [-0.39, 0.29) is 11.7 Å². The first-order chi connectivity index (χ1) is 12.2. The highest BCUT2D eigenvalue weighted by atomic mass is 19.1. The average Bonchev–Trinajstić information content (AvgIpc) is 3.12. The Labute approximate surface area is 143 Å². The zero-order valence-corrected chi connectivity index (χ0v) is 13.2. The van der Waals surface area contributed by atoms with Crippen LogP contribution in [0.15, 0.2) is 47.6 Å². The molecule has 6 nitrogen and oxygen atoms in total. The zero-order valence-electron chi connectivity index (χ0n) is 13.2. The van der Waals surface area contributed by atoms with E-state index in [0.717, 1.165) is 5.56 Å². The van der Waals surface area contributed by atoms with Crippen molar-refractivity contribution in [3.63, 3.8) is 0 Å². The molecule has 0 fully saturated rings. The third-order valence-corrected chi connectivity index (χ3v) is 3.95. The van der Waals surface area contributed by atoms with Gasteiger partial charge in [-0.2, -0.15) is 0 Å². The van der Waals surface area contributed by atoms with Crippen molar-refractivity contribution in [2.75, 3.05) is 18.5 Å². The molecule has 7 heteroatoms. The van der Waals surface area contributed by atoms with Gasteiger partial charge in [0.1, 0.15) is 19.0 Å². The summed E-state index contributed by atoms with van der Waals surface area (Å²) in [5, 5.41) is 6.72. The van der Waals surface area contributed by atoms with E-state index in [9.17, 15) is 9.18 Å². The van der Waals surface area contributed by atoms with Crippen LogP contribution in [-0.2, 0) is 9.63 Å². The van der Waals surface area contributed by atoms with Crippen LogP contribution in [0.2, 0.25) is 0 Å². The Morgan fingerprint density at radius 2 is 1.84 bits per heavy atom. The molecule has 2 aromatic rings. The van der Waals surface area contributed by atoms with E-state index in [1.165, 1.54) is 12.1 Å². The number of anilines is 1. The van der Waals surface area contributed by atoms with Gasteiger partial charge in [-0.3, -0.25) is 4.79 Å². The van der Waals surface area contributed by atoms with Crippen molar-refractivity contribution < 1.29 is 23.5 Å². The van der Waals surface area contributed by atoms with Crippen molar-refractivity contribution in [2.24, 2.45) is 5.16 Å². The van der Waals surface area contributed by atoms with E-state index in [4.69, 9.17) is 14.3 Å². The van der Waals surface area contributed by atoms with Crippen molar-refractivity contribution in [3.8, 4) is 11.5 Å². The number of nitrogens with zero attached hydrogens (tertiary/aromatic N) is 1.